The SMILES string of the molecule is CC(=O)N[C@H]1[C@H](O[C@H]2[C@H](O[C@H]3O[C@H](CO)[C@@H](O)[C@H](O)[C@@H]3O[C@H]3O[C@H](CO)[C@@H](O)[C@H](O)[C@@H]3O[C@H]3O[C@H](CO)[C@@H](O)[C@H](O)[C@@H]3O)[C@H](O)[C@H](O[C@H]3[C@H](O)[C@@H](NC(C)=O)C(O)O[C@@H]3CO)O[C@@H]2CO[C@H]2O[C@H](CO[C@H]3O[C@H](CO)[C@@H](O)[C@H](O)[C@@H]3O[C@H]3O[C@H](CO)[C@@H](O)[C@H](O)[C@@H]3O)[C@@H](O)[C@H](O[C@H]3O[C@H](CO)[C@@H](O)[C@H](O)[C@@H]3O[C@H]3O[C@H](CO)[C@@H](O)[C@H](O)[C@@H]3O)[C@@H]2O)O[C@H](CO)[C@@H](O)[C@@H]1O. The van der Waals surface area contributed by atoms with Crippen LogP contribution in [0.25, 0.3) is 0 Å². The van der Waals surface area contributed by atoms with E-state index in [9.17, 15) is 178 Å². The molecular weight excluding hydrogens is 1760 g/mol. The Morgan fingerprint density at radius 3 is 0.844 bits per heavy atom. The Labute approximate surface area is 722 Å². The Kier molecular flexibility index (Phi) is 37.7. The lowest BCUT2D eigenvalue weighted by Gasteiger charge is -2.52. The molecule has 58 nitrogen and oxygen atoms in total. The molecule has 35 N–H and O–H groups in total. The van der Waals surface area contributed by atoms with Gasteiger partial charge in [-0.15, -0.1) is 0 Å². The lowest BCUT2D eigenvalue weighted by atomic mass is 9.94. The summed E-state index contributed by atoms with van der Waals surface area (Å²) < 4.78 is 126. The summed E-state index contributed by atoms with van der Waals surface area (Å²) in [6, 6.07) is -3.99. The second-order valence-electron chi connectivity index (χ2n) is 32.3. The molecule has 11 rings (SSSR count). The van der Waals surface area contributed by atoms with E-state index in [-0.39, 0.29) is 0 Å². The lowest BCUT2D eigenvalue weighted by Crippen LogP contribution is -2.71. The van der Waals surface area contributed by atoms with Gasteiger partial charge in [0, 0.05) is 13.8 Å². The molecular formula is C70H118N2O56. The fourth-order valence-electron chi connectivity index (χ4n) is 16.5. The molecule has 0 bridgehead atoms. The first kappa shape index (κ1) is 105. The van der Waals surface area contributed by atoms with Crippen molar-refractivity contribution in [1.82, 2.24) is 10.6 Å². The minimum Gasteiger partial charge on any atom is -0.394 e. The van der Waals surface area contributed by atoms with Crippen molar-refractivity contribution >= 4 is 11.8 Å². The van der Waals surface area contributed by atoms with E-state index in [0.29, 0.717) is 0 Å². The number of ether oxygens (including phenoxy) is 21. The van der Waals surface area contributed by atoms with Crippen LogP contribution in [0.3, 0.4) is 0 Å². The Balaban J connectivity index is 1.03. The number of aliphatic hydroxyl groups is 33. The van der Waals surface area contributed by atoms with Crippen molar-refractivity contribution in [2.45, 2.75) is 351 Å². The minimum absolute atomic E-state index is 0.880. The van der Waals surface area contributed by atoms with E-state index < -0.39 is 422 Å². The molecule has 1 unspecified atom stereocenters. The van der Waals surface area contributed by atoms with Gasteiger partial charge in [-0.05, 0) is 0 Å². The van der Waals surface area contributed by atoms with Gasteiger partial charge in [0.05, 0.1) is 72.7 Å². The highest BCUT2D eigenvalue weighted by Crippen LogP contribution is 2.42. The lowest BCUT2D eigenvalue weighted by molar-refractivity contribution is -0.414. The summed E-state index contributed by atoms with van der Waals surface area (Å²) in [5, 5.41) is 374. The summed E-state index contributed by atoms with van der Waals surface area (Å²) in [4.78, 5) is 25.8. The summed E-state index contributed by atoms with van der Waals surface area (Å²) >= 11 is 0. The van der Waals surface area contributed by atoms with E-state index in [2.05, 4.69) is 10.6 Å². The highest BCUT2D eigenvalue weighted by atomic mass is 16.8. The van der Waals surface area contributed by atoms with Crippen molar-refractivity contribution in [1.29, 1.82) is 0 Å². The van der Waals surface area contributed by atoms with Crippen LogP contribution >= 0.6 is 0 Å². The number of carbonyl (C=O) groups is 2. The van der Waals surface area contributed by atoms with Crippen LogP contribution in [0.15, 0.2) is 0 Å². The maximum atomic E-state index is 13.2. The van der Waals surface area contributed by atoms with Crippen LogP contribution in [0, 0.1) is 0 Å². The third-order valence-corrected chi connectivity index (χ3v) is 23.8. The fourth-order valence-corrected chi connectivity index (χ4v) is 16.5. The van der Waals surface area contributed by atoms with Gasteiger partial charge in [-0.25, -0.2) is 0 Å². The second-order valence-corrected chi connectivity index (χ2v) is 32.3. The Morgan fingerprint density at radius 2 is 0.461 bits per heavy atom. The molecule has 0 aliphatic carbocycles. The third kappa shape index (κ3) is 22.5. The van der Waals surface area contributed by atoms with Gasteiger partial charge < -0.3 is 279 Å². The smallest absolute Gasteiger partial charge is 0.217 e. The van der Waals surface area contributed by atoms with Crippen LogP contribution in [-0.4, -0.2) is 591 Å². The molecule has 744 valence electrons. The molecule has 11 heterocycles. The molecule has 0 aromatic heterocycles. The van der Waals surface area contributed by atoms with Crippen molar-refractivity contribution in [3.63, 3.8) is 0 Å². The van der Waals surface area contributed by atoms with Crippen molar-refractivity contribution in [3.8, 4) is 0 Å². The average molecular weight is 1880 g/mol. The number of hydrogen-bond acceptors (Lipinski definition) is 56. The van der Waals surface area contributed by atoms with E-state index >= 15 is 0 Å². The van der Waals surface area contributed by atoms with E-state index in [1.807, 2.05) is 0 Å². The largest absolute Gasteiger partial charge is 0.394 e. The van der Waals surface area contributed by atoms with E-state index in [1.165, 1.54) is 0 Å². The maximum absolute atomic E-state index is 13.2. The van der Waals surface area contributed by atoms with E-state index in [0.717, 1.165) is 13.8 Å². The summed E-state index contributed by atoms with van der Waals surface area (Å²) in [5.41, 5.74) is 0. The zero-order valence-electron chi connectivity index (χ0n) is 67.7. The molecule has 58 heteroatoms. The predicted molar refractivity (Wildman–Crippen MR) is 386 cm³/mol. The van der Waals surface area contributed by atoms with Gasteiger partial charge in [-0.3, -0.25) is 9.59 Å². The predicted octanol–water partition coefficient (Wildman–Crippen LogP) is -24.7. The van der Waals surface area contributed by atoms with Crippen LogP contribution in [-0.2, 0) is 109 Å². The molecule has 0 saturated carbocycles. The fraction of sp³-hybridized carbons (Fsp3) is 0.971. The first-order valence-electron chi connectivity index (χ1n) is 40.7. The molecule has 0 spiro atoms. The Hall–Kier alpha value is -3.22. The van der Waals surface area contributed by atoms with Gasteiger partial charge >= 0.3 is 0 Å². The molecule has 2 amide bonds. The first-order valence-corrected chi connectivity index (χ1v) is 40.7. The molecule has 0 aromatic carbocycles. The summed E-state index contributed by atoms with van der Waals surface area (Å²) in [7, 11) is 0. The topological polar surface area (TPSA) is 920 Å². The summed E-state index contributed by atoms with van der Waals surface area (Å²) in [6.45, 7) is -11.4. The van der Waals surface area contributed by atoms with Crippen LogP contribution in [0.5, 0.6) is 0 Å². The second kappa shape index (κ2) is 45.8. The van der Waals surface area contributed by atoms with Gasteiger partial charge in [0.1, 0.15) is 268 Å². The van der Waals surface area contributed by atoms with Crippen molar-refractivity contribution < 1.29 is 278 Å². The van der Waals surface area contributed by atoms with Gasteiger partial charge in [0.25, 0.3) is 0 Å². The maximum Gasteiger partial charge on any atom is 0.217 e. The zero-order valence-corrected chi connectivity index (χ0v) is 67.7. The molecule has 11 aliphatic rings. The summed E-state index contributed by atoms with van der Waals surface area (Å²) in [5.74, 6) is -1.98. The zero-order chi connectivity index (χ0) is 94.0. The highest BCUT2D eigenvalue weighted by Gasteiger charge is 2.63. The van der Waals surface area contributed by atoms with E-state index in [4.69, 9.17) is 99.5 Å². The van der Waals surface area contributed by atoms with Gasteiger partial charge in [0.15, 0.2) is 69.2 Å². The third-order valence-electron chi connectivity index (χ3n) is 23.8. The molecule has 11 saturated heterocycles. The Morgan fingerprint density at radius 1 is 0.203 bits per heavy atom. The quantitative estimate of drug-likeness (QED) is 0.0290. The van der Waals surface area contributed by atoms with Gasteiger partial charge in [0.2, 0.25) is 11.8 Å². The van der Waals surface area contributed by atoms with Crippen molar-refractivity contribution in [2.75, 3.05) is 72.7 Å². The number of aliphatic hydroxyl groups excluding tert-OH is 33. The number of carbonyl (C=O) groups excluding carboxylic acids is 2. The molecule has 0 aromatic rings. The van der Waals surface area contributed by atoms with Crippen LogP contribution < -0.4 is 10.6 Å². The monoisotopic (exact) mass is 1880 g/mol. The molecule has 11 fully saturated rings. The van der Waals surface area contributed by atoms with Crippen LogP contribution in [0.4, 0.5) is 0 Å². The first-order chi connectivity index (χ1) is 60.7. The number of rotatable bonds is 33. The van der Waals surface area contributed by atoms with Crippen molar-refractivity contribution in [2.24, 2.45) is 0 Å². The molecule has 128 heavy (non-hydrogen) atoms. The molecule has 11 aliphatic heterocycles. The van der Waals surface area contributed by atoms with Crippen LogP contribution in [0.2, 0.25) is 0 Å². The van der Waals surface area contributed by atoms with Gasteiger partial charge in [-0.1, -0.05) is 0 Å². The van der Waals surface area contributed by atoms with Crippen molar-refractivity contribution in [3.05, 3.63) is 0 Å². The number of hydrogen-bond donors (Lipinski definition) is 35. The Bertz CT molecular complexity index is 3380. The molecule has 0 radical (unpaired) electrons. The normalized spacial score (nSPS) is 51.7. The van der Waals surface area contributed by atoms with Crippen LogP contribution in [0.1, 0.15) is 13.8 Å². The highest BCUT2D eigenvalue weighted by molar-refractivity contribution is 5.73. The summed E-state index contributed by atoms with van der Waals surface area (Å²) in [6.07, 6.45) is -120. The van der Waals surface area contributed by atoms with Gasteiger partial charge in [-0.2, -0.15) is 0 Å². The standard InChI is InChI=1S/C70H118N2O56/c1-14(82)71-27-39(94)52(24(11-81)110-60(27)107)121-66-51(106)55(124-69-59(46(101)36(91)22(9-79)117-69)128-70-58(45(100)35(90)23(10-80)118-70)127-65-49(104)42(97)32(87)19(6-76)114-65)53(122-61-28(72-15(2)83)38(93)29(84)16(3-73)111-61)26(120-66)13-108-62-50(105)54(123-68-57(44(99)34(89)21(8-78)116-68)126-64-48(103)41(96)31(86)18(5-75)113-64)37(92)25(119-62)12-109-67-56(43(98)33(88)20(7-77)115-67)125-63-47(102)40(95)30(85)17(4-74)112-63/h16-70,73-81,84-107H,3-13H2,1-2H3,(H,71,82)(H,72,83)/t16-,17-,18-,19-,20-,21-,22-,23-,24-,25-,26-,27-,28-,29-,30-,31-,32-,33-,34-,35-,36-,37-,38-,39-,40+,41+,42+,43+,44+,45+,46+,47+,48+,49+,50+,51+,52-,53-,54+,55-,56+,57+,58+,59+,60?,61+,62+,63-,64-,65-,66+,67+,68-,69-,70-/m1/s1. The number of amides is 2. The van der Waals surface area contributed by atoms with E-state index in [1.54, 1.807) is 0 Å². The average Bonchev–Trinajstić information content (AvgIpc) is 0.751. The minimum atomic E-state index is -2.78. The number of nitrogens with one attached hydrogen (secondary N) is 2. The molecule has 55 atom stereocenters.